The van der Waals surface area contributed by atoms with Crippen LogP contribution in [0.1, 0.15) is 18.5 Å². The van der Waals surface area contributed by atoms with Gasteiger partial charge in [-0.1, -0.05) is 23.7 Å². The molecule has 0 spiro atoms. The number of carboxylic acid groups (broad SMARTS) is 1. The van der Waals surface area contributed by atoms with Crippen molar-refractivity contribution in [3.05, 3.63) is 34.9 Å². The van der Waals surface area contributed by atoms with Crippen molar-refractivity contribution in [1.29, 1.82) is 0 Å². The number of rotatable bonds is 5. The highest BCUT2D eigenvalue weighted by molar-refractivity contribution is 6.30. The summed E-state index contributed by atoms with van der Waals surface area (Å²) < 4.78 is 0. The summed E-state index contributed by atoms with van der Waals surface area (Å²) in [5, 5.41) is 22.9. The molecule has 1 aromatic carbocycles. The Balaban J connectivity index is 2.44. The molecule has 0 aliphatic heterocycles. The van der Waals surface area contributed by atoms with Crippen LogP contribution in [0.2, 0.25) is 5.02 Å². The molecule has 1 unspecified atom stereocenters. The maximum atomic E-state index is 11.5. The van der Waals surface area contributed by atoms with Gasteiger partial charge in [0.2, 0.25) is 0 Å². The highest BCUT2D eigenvalue weighted by Gasteiger charge is 2.15. The van der Waals surface area contributed by atoms with E-state index in [1.165, 1.54) is 0 Å². The van der Waals surface area contributed by atoms with Gasteiger partial charge in [-0.25, -0.2) is 9.59 Å². The van der Waals surface area contributed by atoms with E-state index in [-0.39, 0.29) is 12.6 Å². The van der Waals surface area contributed by atoms with E-state index < -0.39 is 18.1 Å². The highest BCUT2D eigenvalue weighted by atomic mass is 35.5. The second kappa shape index (κ2) is 6.96. The van der Waals surface area contributed by atoms with Gasteiger partial charge in [0.15, 0.2) is 6.10 Å². The van der Waals surface area contributed by atoms with Crippen LogP contribution in [0.15, 0.2) is 24.3 Å². The van der Waals surface area contributed by atoms with E-state index >= 15 is 0 Å². The number of carbonyl (C=O) groups excluding carboxylic acids is 1. The first kappa shape index (κ1) is 15.3. The van der Waals surface area contributed by atoms with E-state index in [2.05, 4.69) is 10.6 Å². The number of aliphatic hydroxyl groups excluding tert-OH is 1. The van der Waals surface area contributed by atoms with Crippen molar-refractivity contribution < 1.29 is 19.8 Å². The number of carboxylic acids is 1. The van der Waals surface area contributed by atoms with E-state index in [1.54, 1.807) is 31.2 Å². The van der Waals surface area contributed by atoms with Crippen LogP contribution in [0.25, 0.3) is 0 Å². The van der Waals surface area contributed by atoms with Gasteiger partial charge in [-0.3, -0.25) is 0 Å². The number of urea groups is 1. The first-order chi connectivity index (χ1) is 8.90. The van der Waals surface area contributed by atoms with E-state index in [9.17, 15) is 9.59 Å². The first-order valence-electron chi connectivity index (χ1n) is 5.61. The largest absolute Gasteiger partial charge is 0.479 e. The molecule has 0 aliphatic carbocycles. The average Bonchev–Trinajstić information content (AvgIpc) is 2.36. The Labute approximate surface area is 115 Å². The minimum absolute atomic E-state index is 0.265. The molecule has 1 aromatic rings. The zero-order chi connectivity index (χ0) is 14.4. The van der Waals surface area contributed by atoms with Crippen LogP contribution in [0.4, 0.5) is 4.79 Å². The quantitative estimate of drug-likeness (QED) is 0.652. The lowest BCUT2D eigenvalue weighted by Crippen LogP contribution is -2.42. The third kappa shape index (κ3) is 5.15. The Morgan fingerprint density at radius 2 is 1.89 bits per heavy atom. The Kier molecular flexibility index (Phi) is 5.59. The van der Waals surface area contributed by atoms with E-state index in [0.29, 0.717) is 5.02 Å². The zero-order valence-electron chi connectivity index (χ0n) is 10.3. The Morgan fingerprint density at radius 3 is 2.42 bits per heavy atom. The third-order valence-corrected chi connectivity index (χ3v) is 2.71. The number of benzene rings is 1. The minimum Gasteiger partial charge on any atom is -0.479 e. The third-order valence-electron chi connectivity index (χ3n) is 2.46. The van der Waals surface area contributed by atoms with Crippen LogP contribution in [0.5, 0.6) is 0 Å². The van der Waals surface area contributed by atoms with Crippen molar-refractivity contribution in [1.82, 2.24) is 10.6 Å². The summed E-state index contributed by atoms with van der Waals surface area (Å²) in [6.45, 7) is 1.42. The van der Waals surface area contributed by atoms with Gasteiger partial charge in [0.05, 0.1) is 12.6 Å². The van der Waals surface area contributed by atoms with E-state index in [0.717, 1.165) is 5.56 Å². The number of aliphatic hydroxyl groups is 1. The number of hydrogen-bond donors (Lipinski definition) is 4. The van der Waals surface area contributed by atoms with Crippen LogP contribution >= 0.6 is 11.6 Å². The average molecular weight is 287 g/mol. The van der Waals surface area contributed by atoms with Gasteiger partial charge in [-0.2, -0.15) is 0 Å². The molecule has 0 aromatic heterocycles. The minimum atomic E-state index is -1.61. The maximum absolute atomic E-state index is 11.5. The predicted molar refractivity (Wildman–Crippen MR) is 70.0 cm³/mol. The smallest absolute Gasteiger partial charge is 0.334 e. The maximum Gasteiger partial charge on any atom is 0.334 e. The highest BCUT2D eigenvalue weighted by Crippen LogP contribution is 2.15. The lowest BCUT2D eigenvalue weighted by Gasteiger charge is -2.15. The van der Waals surface area contributed by atoms with E-state index in [1.807, 2.05) is 0 Å². The molecule has 6 nitrogen and oxygen atoms in total. The van der Waals surface area contributed by atoms with Crippen molar-refractivity contribution in [3.63, 3.8) is 0 Å². The molecule has 0 fully saturated rings. The molecule has 7 heteroatoms. The number of carbonyl (C=O) groups is 2. The van der Waals surface area contributed by atoms with Gasteiger partial charge in [-0.05, 0) is 24.6 Å². The van der Waals surface area contributed by atoms with Gasteiger partial charge >= 0.3 is 12.0 Å². The molecular formula is C12H15ClN2O4. The second-order valence-electron chi connectivity index (χ2n) is 3.98. The summed E-state index contributed by atoms with van der Waals surface area (Å²) in [5.41, 5.74) is 0.860. The fourth-order valence-electron chi connectivity index (χ4n) is 1.36. The SMILES string of the molecule is CC(NC(=O)NC[C@H](O)C(=O)O)c1ccc(Cl)cc1. The molecule has 19 heavy (non-hydrogen) atoms. The molecule has 0 saturated carbocycles. The van der Waals surface area contributed by atoms with Gasteiger partial charge in [0, 0.05) is 5.02 Å². The van der Waals surface area contributed by atoms with Crippen molar-refractivity contribution in [2.24, 2.45) is 0 Å². The van der Waals surface area contributed by atoms with Crippen LogP contribution in [0.3, 0.4) is 0 Å². The van der Waals surface area contributed by atoms with E-state index in [4.69, 9.17) is 21.8 Å². The summed E-state index contributed by atoms with van der Waals surface area (Å²) in [4.78, 5) is 21.8. The molecule has 1 rings (SSSR count). The molecule has 0 radical (unpaired) electrons. The van der Waals surface area contributed by atoms with Crippen LogP contribution in [-0.2, 0) is 4.79 Å². The van der Waals surface area contributed by atoms with Gasteiger partial charge in [-0.15, -0.1) is 0 Å². The standard InChI is InChI=1S/C12H15ClN2O4/c1-7(8-2-4-9(13)5-3-8)15-12(19)14-6-10(16)11(17)18/h2-5,7,10,16H,6H2,1H3,(H,17,18)(H2,14,15,19)/t7?,10-/m0/s1. The number of halogens is 1. The summed E-state index contributed by atoms with van der Waals surface area (Å²) in [6, 6.07) is 6.16. The predicted octanol–water partition coefficient (Wildman–Crippen LogP) is 1.15. The molecule has 4 N–H and O–H groups in total. The normalized spacial score (nSPS) is 13.4. The molecule has 0 saturated heterocycles. The molecule has 0 bridgehead atoms. The number of amides is 2. The molecule has 2 amide bonds. The monoisotopic (exact) mass is 286 g/mol. The van der Waals surface area contributed by atoms with Crippen molar-refractivity contribution in [2.45, 2.75) is 19.1 Å². The zero-order valence-corrected chi connectivity index (χ0v) is 11.0. The van der Waals surface area contributed by atoms with Gasteiger partial charge in [0.25, 0.3) is 0 Å². The number of hydrogen-bond acceptors (Lipinski definition) is 3. The van der Waals surface area contributed by atoms with Gasteiger partial charge < -0.3 is 20.8 Å². The van der Waals surface area contributed by atoms with Gasteiger partial charge in [0.1, 0.15) is 0 Å². The summed E-state index contributed by atoms with van der Waals surface area (Å²) >= 11 is 5.75. The second-order valence-corrected chi connectivity index (χ2v) is 4.42. The lowest BCUT2D eigenvalue weighted by molar-refractivity contribution is -0.146. The molecule has 104 valence electrons. The number of aliphatic carboxylic acids is 1. The van der Waals surface area contributed by atoms with Crippen LogP contribution < -0.4 is 10.6 Å². The fraction of sp³-hybridized carbons (Fsp3) is 0.333. The molecule has 2 atom stereocenters. The Hall–Kier alpha value is -1.79. The topological polar surface area (TPSA) is 98.7 Å². The Bertz CT molecular complexity index is 450. The molecular weight excluding hydrogens is 272 g/mol. The van der Waals surface area contributed by atoms with Crippen molar-refractivity contribution in [2.75, 3.05) is 6.54 Å². The summed E-state index contributed by atoms with van der Waals surface area (Å²) in [6.07, 6.45) is -1.61. The lowest BCUT2D eigenvalue weighted by atomic mass is 10.1. The first-order valence-corrected chi connectivity index (χ1v) is 5.98. The number of nitrogens with one attached hydrogen (secondary N) is 2. The molecule has 0 heterocycles. The van der Waals surface area contributed by atoms with Crippen LogP contribution in [-0.4, -0.2) is 34.9 Å². The Morgan fingerprint density at radius 1 is 1.32 bits per heavy atom. The van der Waals surface area contributed by atoms with Crippen molar-refractivity contribution in [3.8, 4) is 0 Å². The summed E-state index contributed by atoms with van der Waals surface area (Å²) in [7, 11) is 0. The summed E-state index contributed by atoms with van der Waals surface area (Å²) in [5.74, 6) is -1.38. The van der Waals surface area contributed by atoms with Crippen molar-refractivity contribution >= 4 is 23.6 Å². The fourth-order valence-corrected chi connectivity index (χ4v) is 1.49. The molecule has 0 aliphatic rings. The van der Waals surface area contributed by atoms with Crippen LogP contribution in [0, 0.1) is 0 Å².